The smallest absolute Gasteiger partial charge is 0.243 e. The topological polar surface area (TPSA) is 113 Å². The molecule has 0 aliphatic heterocycles. The Hall–Kier alpha value is -2.27. The Morgan fingerprint density at radius 1 is 0.867 bits per heavy atom. The number of hydrogen-bond donors (Lipinski definition) is 2. The Labute approximate surface area is 178 Å². The van der Waals surface area contributed by atoms with Crippen LogP contribution in [-0.4, -0.2) is 46.7 Å². The van der Waals surface area contributed by atoms with Gasteiger partial charge < -0.3 is 5.32 Å². The van der Waals surface area contributed by atoms with Crippen molar-refractivity contribution in [3.05, 3.63) is 54.1 Å². The number of carbonyl (C=O) groups excluding carboxylic acids is 1. The number of carbonyl (C=O) groups is 1. The minimum absolute atomic E-state index is 0.0591. The van der Waals surface area contributed by atoms with E-state index in [9.17, 15) is 21.6 Å². The molecule has 0 heterocycles. The van der Waals surface area contributed by atoms with E-state index in [1.165, 1.54) is 40.7 Å². The average molecular weight is 454 g/mol. The zero-order valence-electron chi connectivity index (χ0n) is 17.3. The first-order valence-corrected chi connectivity index (χ1v) is 12.5. The minimum Gasteiger partial charge on any atom is -0.326 e. The molecule has 0 radical (unpaired) electrons. The van der Waals surface area contributed by atoms with Crippen LogP contribution in [0.1, 0.15) is 25.8 Å². The highest BCUT2D eigenvalue weighted by molar-refractivity contribution is 7.89. The summed E-state index contributed by atoms with van der Waals surface area (Å²) in [5.41, 5.74) is 1.38. The van der Waals surface area contributed by atoms with Crippen molar-refractivity contribution in [1.82, 2.24) is 9.03 Å². The third-order valence-corrected chi connectivity index (χ3v) is 8.00. The van der Waals surface area contributed by atoms with Crippen LogP contribution < -0.4 is 10.0 Å². The second-order valence-electron chi connectivity index (χ2n) is 6.62. The molecule has 2 N–H and O–H groups in total. The Morgan fingerprint density at radius 2 is 1.40 bits per heavy atom. The molecule has 164 valence electrons. The van der Waals surface area contributed by atoms with E-state index in [1.807, 2.05) is 6.92 Å². The summed E-state index contributed by atoms with van der Waals surface area (Å²) < 4.78 is 53.1. The molecule has 0 aliphatic carbocycles. The molecular formula is C20H27N3O5S2. The van der Waals surface area contributed by atoms with Crippen LogP contribution in [0.3, 0.4) is 0 Å². The summed E-state index contributed by atoms with van der Waals surface area (Å²) in [7, 11) is -7.24. The third-order valence-electron chi connectivity index (χ3n) is 4.46. The predicted octanol–water partition coefficient (Wildman–Crippen LogP) is 2.33. The van der Waals surface area contributed by atoms with Gasteiger partial charge in [0.15, 0.2) is 0 Å². The highest BCUT2D eigenvalue weighted by Crippen LogP contribution is 2.18. The molecule has 0 spiro atoms. The van der Waals surface area contributed by atoms with Gasteiger partial charge in [0.25, 0.3) is 0 Å². The summed E-state index contributed by atoms with van der Waals surface area (Å²) in [6, 6.07) is 12.3. The normalized spacial score (nSPS) is 12.1. The van der Waals surface area contributed by atoms with E-state index in [4.69, 9.17) is 0 Å². The molecule has 2 aromatic rings. The Bertz CT molecular complexity index is 1060. The molecule has 0 aromatic heterocycles. The lowest BCUT2D eigenvalue weighted by Gasteiger charge is -2.18. The van der Waals surface area contributed by atoms with Gasteiger partial charge in [-0.05, 0) is 43.3 Å². The second-order valence-corrected chi connectivity index (χ2v) is 10.3. The van der Waals surface area contributed by atoms with Crippen LogP contribution in [0.5, 0.6) is 0 Å². The summed E-state index contributed by atoms with van der Waals surface area (Å²) >= 11 is 0. The largest absolute Gasteiger partial charge is 0.326 e. The van der Waals surface area contributed by atoms with Gasteiger partial charge in [-0.2, -0.15) is 4.31 Å². The molecule has 0 fully saturated rings. The number of aryl methyl sites for hydroxylation is 1. The number of nitrogens with zero attached hydrogens (tertiary/aromatic N) is 1. The van der Waals surface area contributed by atoms with Gasteiger partial charge in [0.2, 0.25) is 26.0 Å². The average Bonchev–Trinajstić information content (AvgIpc) is 2.69. The van der Waals surface area contributed by atoms with E-state index in [0.29, 0.717) is 18.8 Å². The standard InChI is InChI=1S/C20H27N3O5S2/c1-4-23(5-2)30(27,28)19-12-8-17(9-13-19)22-20(24)14-15-21-29(25,26)18-10-6-16(3)7-11-18/h6-13,21H,4-5,14-15H2,1-3H3,(H,22,24). The molecule has 30 heavy (non-hydrogen) atoms. The lowest BCUT2D eigenvalue weighted by molar-refractivity contribution is -0.116. The number of hydrogen-bond acceptors (Lipinski definition) is 5. The zero-order valence-corrected chi connectivity index (χ0v) is 18.9. The zero-order chi connectivity index (χ0) is 22.4. The lowest BCUT2D eigenvalue weighted by atomic mass is 10.2. The van der Waals surface area contributed by atoms with Crippen LogP contribution in [0.15, 0.2) is 58.3 Å². The minimum atomic E-state index is -3.68. The maximum atomic E-state index is 12.5. The molecule has 10 heteroatoms. The third kappa shape index (κ3) is 6.11. The molecule has 0 unspecified atom stereocenters. The molecule has 1 amide bonds. The van der Waals surface area contributed by atoms with Crippen LogP contribution in [0.4, 0.5) is 5.69 Å². The van der Waals surface area contributed by atoms with Crippen molar-refractivity contribution in [2.75, 3.05) is 25.0 Å². The van der Waals surface area contributed by atoms with Gasteiger partial charge in [-0.1, -0.05) is 31.5 Å². The summed E-state index contributed by atoms with van der Waals surface area (Å²) in [6.07, 6.45) is -0.0649. The van der Waals surface area contributed by atoms with Crippen LogP contribution in [0, 0.1) is 6.92 Å². The van der Waals surface area contributed by atoms with Gasteiger partial charge >= 0.3 is 0 Å². The number of anilines is 1. The van der Waals surface area contributed by atoms with Gasteiger partial charge in [-0.25, -0.2) is 21.6 Å². The Balaban J connectivity index is 1.91. The van der Waals surface area contributed by atoms with Gasteiger partial charge in [0, 0.05) is 31.7 Å². The summed E-state index contributed by atoms with van der Waals surface area (Å²) in [6.45, 7) is 6.08. The molecule has 0 aliphatic rings. The number of amides is 1. The fourth-order valence-corrected chi connectivity index (χ4v) is 5.24. The molecular weight excluding hydrogens is 426 g/mol. The number of nitrogens with one attached hydrogen (secondary N) is 2. The van der Waals surface area contributed by atoms with E-state index in [2.05, 4.69) is 10.0 Å². The van der Waals surface area contributed by atoms with Crippen LogP contribution in [0.25, 0.3) is 0 Å². The fourth-order valence-electron chi connectivity index (χ4n) is 2.75. The lowest BCUT2D eigenvalue weighted by Crippen LogP contribution is -2.30. The SMILES string of the molecule is CCN(CC)S(=O)(=O)c1ccc(NC(=O)CCNS(=O)(=O)c2ccc(C)cc2)cc1. The quantitative estimate of drug-likeness (QED) is 0.573. The number of benzene rings is 2. The van der Waals surface area contributed by atoms with Crippen molar-refractivity contribution >= 4 is 31.6 Å². The fraction of sp³-hybridized carbons (Fsp3) is 0.350. The van der Waals surface area contributed by atoms with Crippen LogP contribution in [-0.2, 0) is 24.8 Å². The second kappa shape index (κ2) is 10.2. The molecule has 8 nitrogen and oxygen atoms in total. The molecule has 2 rings (SSSR count). The van der Waals surface area contributed by atoms with Gasteiger partial charge in [0.1, 0.15) is 0 Å². The predicted molar refractivity (Wildman–Crippen MR) is 116 cm³/mol. The maximum Gasteiger partial charge on any atom is 0.243 e. The summed E-state index contributed by atoms with van der Waals surface area (Å²) in [4.78, 5) is 12.4. The van der Waals surface area contributed by atoms with Gasteiger partial charge in [-0.15, -0.1) is 0 Å². The first-order valence-electron chi connectivity index (χ1n) is 9.56. The van der Waals surface area contributed by atoms with E-state index >= 15 is 0 Å². The molecule has 0 atom stereocenters. The van der Waals surface area contributed by atoms with Crippen LogP contribution >= 0.6 is 0 Å². The Kier molecular flexibility index (Phi) is 8.13. The summed E-state index contributed by atoms with van der Waals surface area (Å²) in [5.74, 6) is -0.388. The van der Waals surface area contributed by atoms with Gasteiger partial charge in [0.05, 0.1) is 9.79 Å². The monoisotopic (exact) mass is 453 g/mol. The van der Waals surface area contributed by atoms with Crippen molar-refractivity contribution in [1.29, 1.82) is 0 Å². The summed E-state index contributed by atoms with van der Waals surface area (Å²) in [5, 5.41) is 2.63. The first-order chi connectivity index (χ1) is 14.1. The number of sulfonamides is 2. The highest BCUT2D eigenvalue weighted by atomic mass is 32.2. The van der Waals surface area contributed by atoms with Crippen molar-refractivity contribution in [3.63, 3.8) is 0 Å². The van der Waals surface area contributed by atoms with Crippen molar-refractivity contribution in [2.45, 2.75) is 37.0 Å². The van der Waals surface area contributed by atoms with Gasteiger partial charge in [-0.3, -0.25) is 4.79 Å². The molecule has 2 aromatic carbocycles. The van der Waals surface area contributed by atoms with Crippen molar-refractivity contribution < 1.29 is 21.6 Å². The maximum absolute atomic E-state index is 12.5. The van der Waals surface area contributed by atoms with E-state index in [-0.39, 0.29) is 28.7 Å². The molecule has 0 saturated heterocycles. The molecule has 0 saturated carbocycles. The van der Waals surface area contributed by atoms with E-state index in [0.717, 1.165) is 5.56 Å². The highest BCUT2D eigenvalue weighted by Gasteiger charge is 2.21. The van der Waals surface area contributed by atoms with E-state index in [1.54, 1.807) is 26.0 Å². The molecule has 0 bridgehead atoms. The van der Waals surface area contributed by atoms with E-state index < -0.39 is 20.0 Å². The Morgan fingerprint density at radius 3 is 1.93 bits per heavy atom. The van der Waals surface area contributed by atoms with Crippen molar-refractivity contribution in [2.24, 2.45) is 0 Å². The number of rotatable bonds is 10. The van der Waals surface area contributed by atoms with Crippen molar-refractivity contribution in [3.8, 4) is 0 Å². The van der Waals surface area contributed by atoms with Crippen LogP contribution in [0.2, 0.25) is 0 Å². The first kappa shape index (κ1) is 24.0.